The zero-order chi connectivity index (χ0) is 12.9. The maximum atomic E-state index is 11.0. The molecule has 5 heteroatoms. The lowest BCUT2D eigenvalue weighted by Gasteiger charge is -2.44. The molecule has 1 aliphatic carbocycles. The van der Waals surface area contributed by atoms with Crippen molar-refractivity contribution in [1.29, 1.82) is 0 Å². The summed E-state index contributed by atoms with van der Waals surface area (Å²) >= 11 is 0. The number of hydrogen-bond acceptors (Lipinski definition) is 3. The third kappa shape index (κ3) is 4.00. The van der Waals surface area contributed by atoms with Gasteiger partial charge in [-0.1, -0.05) is 19.3 Å². The van der Waals surface area contributed by atoms with E-state index in [1.807, 2.05) is 11.9 Å². The fraction of sp³-hybridized carbons (Fsp3) is 0.833. The maximum absolute atomic E-state index is 11.0. The van der Waals surface area contributed by atoms with Crippen LogP contribution in [0.4, 0.5) is 0 Å². The van der Waals surface area contributed by atoms with Gasteiger partial charge >= 0.3 is 5.97 Å². The molecule has 0 atom stereocenters. The average molecular weight is 242 g/mol. The third-order valence-corrected chi connectivity index (χ3v) is 3.77. The lowest BCUT2D eigenvalue weighted by atomic mass is 9.78. The summed E-state index contributed by atoms with van der Waals surface area (Å²) in [6, 6.07) is 0. The van der Waals surface area contributed by atoms with Crippen LogP contribution in [0.1, 0.15) is 44.9 Å². The summed E-state index contributed by atoms with van der Waals surface area (Å²) in [7, 11) is 1.90. The quantitative estimate of drug-likeness (QED) is 0.727. The van der Waals surface area contributed by atoms with Crippen LogP contribution in [0.2, 0.25) is 0 Å². The number of nitrogens with zero attached hydrogens (tertiary/aromatic N) is 1. The molecular weight excluding hydrogens is 220 g/mol. The zero-order valence-corrected chi connectivity index (χ0v) is 10.4. The number of amides is 1. The number of rotatable bonds is 6. The van der Waals surface area contributed by atoms with E-state index in [2.05, 4.69) is 0 Å². The van der Waals surface area contributed by atoms with Crippen molar-refractivity contribution in [2.45, 2.75) is 50.5 Å². The first kappa shape index (κ1) is 14.0. The smallest absolute Gasteiger partial charge is 0.305 e. The molecule has 0 unspecified atom stereocenters. The monoisotopic (exact) mass is 242 g/mol. The van der Waals surface area contributed by atoms with Crippen molar-refractivity contribution in [1.82, 2.24) is 4.90 Å². The van der Waals surface area contributed by atoms with Gasteiger partial charge in [-0.15, -0.1) is 0 Å². The van der Waals surface area contributed by atoms with Crippen LogP contribution in [-0.4, -0.2) is 41.0 Å². The molecule has 5 nitrogen and oxygen atoms in total. The second kappa shape index (κ2) is 6.00. The molecule has 0 spiro atoms. The molecule has 0 bridgehead atoms. The highest BCUT2D eigenvalue weighted by atomic mass is 16.4. The van der Waals surface area contributed by atoms with Gasteiger partial charge in [-0.2, -0.15) is 0 Å². The van der Waals surface area contributed by atoms with E-state index in [4.69, 9.17) is 10.8 Å². The molecule has 1 saturated carbocycles. The van der Waals surface area contributed by atoms with Gasteiger partial charge in [0.1, 0.15) is 0 Å². The summed E-state index contributed by atoms with van der Waals surface area (Å²) in [5.74, 6) is -1.10. The van der Waals surface area contributed by atoms with Crippen molar-refractivity contribution in [3.63, 3.8) is 0 Å². The lowest BCUT2D eigenvalue weighted by molar-refractivity contribution is -0.141. The minimum absolute atomic E-state index is 0.155. The minimum Gasteiger partial charge on any atom is -0.481 e. The fourth-order valence-corrected chi connectivity index (χ4v) is 2.70. The highest BCUT2D eigenvalue weighted by Crippen LogP contribution is 2.35. The van der Waals surface area contributed by atoms with Crippen LogP contribution in [0.15, 0.2) is 0 Å². The second-order valence-corrected chi connectivity index (χ2v) is 4.99. The van der Waals surface area contributed by atoms with Gasteiger partial charge in [-0.05, 0) is 19.9 Å². The third-order valence-electron chi connectivity index (χ3n) is 3.77. The Balaban J connectivity index is 2.66. The molecule has 98 valence electrons. The van der Waals surface area contributed by atoms with Gasteiger partial charge in [-0.25, -0.2) is 0 Å². The average Bonchev–Trinajstić information content (AvgIpc) is 2.26. The predicted molar refractivity (Wildman–Crippen MR) is 64.5 cm³/mol. The van der Waals surface area contributed by atoms with Gasteiger partial charge < -0.3 is 10.8 Å². The number of primary amides is 1. The largest absolute Gasteiger partial charge is 0.481 e. The molecule has 0 heterocycles. The number of carboxylic acids is 1. The molecule has 1 aliphatic rings. The van der Waals surface area contributed by atoms with Crippen molar-refractivity contribution >= 4 is 11.9 Å². The Bertz CT molecular complexity index is 285. The van der Waals surface area contributed by atoms with Gasteiger partial charge in [0.25, 0.3) is 0 Å². The number of carboxylic acid groups (broad SMARTS) is 1. The van der Waals surface area contributed by atoms with Crippen LogP contribution < -0.4 is 5.73 Å². The molecule has 0 aromatic carbocycles. The fourth-order valence-electron chi connectivity index (χ4n) is 2.70. The van der Waals surface area contributed by atoms with Crippen LogP contribution in [-0.2, 0) is 9.59 Å². The van der Waals surface area contributed by atoms with Gasteiger partial charge in [0.2, 0.25) is 5.91 Å². The Labute approximate surface area is 102 Å². The number of carbonyl (C=O) groups is 2. The number of hydrogen-bond donors (Lipinski definition) is 2. The molecule has 0 aliphatic heterocycles. The summed E-state index contributed by atoms with van der Waals surface area (Å²) in [5.41, 5.74) is 4.85. The Morgan fingerprint density at radius 1 is 1.29 bits per heavy atom. The zero-order valence-electron chi connectivity index (χ0n) is 10.4. The summed E-state index contributed by atoms with van der Waals surface area (Å²) in [6.07, 6.45) is 5.54. The van der Waals surface area contributed by atoms with E-state index in [1.54, 1.807) is 0 Å². The minimum atomic E-state index is -0.766. The van der Waals surface area contributed by atoms with Gasteiger partial charge in [-0.3, -0.25) is 14.5 Å². The molecule has 0 saturated heterocycles. The molecule has 1 fully saturated rings. The van der Waals surface area contributed by atoms with E-state index in [-0.39, 0.29) is 24.3 Å². The molecule has 0 radical (unpaired) electrons. The molecule has 0 aromatic rings. The van der Waals surface area contributed by atoms with Crippen molar-refractivity contribution in [2.24, 2.45) is 5.73 Å². The Hall–Kier alpha value is -1.10. The van der Waals surface area contributed by atoms with E-state index in [0.717, 1.165) is 25.7 Å². The van der Waals surface area contributed by atoms with Crippen molar-refractivity contribution in [3.05, 3.63) is 0 Å². The SMILES string of the molecule is CN(CCC(N)=O)C1(CC(=O)O)CCCCC1. The van der Waals surface area contributed by atoms with Crippen molar-refractivity contribution in [3.8, 4) is 0 Å². The van der Waals surface area contributed by atoms with Crippen LogP contribution in [0.5, 0.6) is 0 Å². The Kier molecular flexibility index (Phi) is 4.93. The van der Waals surface area contributed by atoms with Crippen molar-refractivity contribution in [2.75, 3.05) is 13.6 Å². The van der Waals surface area contributed by atoms with E-state index in [0.29, 0.717) is 6.54 Å². The molecule has 0 aromatic heterocycles. The first-order chi connectivity index (χ1) is 7.96. The van der Waals surface area contributed by atoms with Crippen LogP contribution in [0.3, 0.4) is 0 Å². The van der Waals surface area contributed by atoms with E-state index in [9.17, 15) is 9.59 Å². The Morgan fingerprint density at radius 2 is 1.88 bits per heavy atom. The van der Waals surface area contributed by atoms with E-state index < -0.39 is 5.97 Å². The summed E-state index contributed by atoms with van der Waals surface area (Å²) < 4.78 is 0. The van der Waals surface area contributed by atoms with Gasteiger partial charge in [0, 0.05) is 18.5 Å². The molecule has 1 rings (SSSR count). The summed E-state index contributed by atoms with van der Waals surface area (Å²) in [4.78, 5) is 23.8. The topological polar surface area (TPSA) is 83.6 Å². The second-order valence-electron chi connectivity index (χ2n) is 4.99. The number of aliphatic carboxylic acids is 1. The molecular formula is C12H22N2O3. The Morgan fingerprint density at radius 3 is 2.35 bits per heavy atom. The maximum Gasteiger partial charge on any atom is 0.305 e. The first-order valence-corrected chi connectivity index (χ1v) is 6.18. The normalized spacial score (nSPS) is 19.2. The van der Waals surface area contributed by atoms with E-state index in [1.165, 1.54) is 6.42 Å². The number of carbonyl (C=O) groups excluding carboxylic acids is 1. The highest BCUT2D eigenvalue weighted by Gasteiger charge is 2.37. The van der Waals surface area contributed by atoms with Crippen LogP contribution in [0.25, 0.3) is 0 Å². The number of nitrogens with two attached hydrogens (primary N) is 1. The van der Waals surface area contributed by atoms with Crippen LogP contribution >= 0.6 is 0 Å². The van der Waals surface area contributed by atoms with Gasteiger partial charge in [0.15, 0.2) is 0 Å². The first-order valence-electron chi connectivity index (χ1n) is 6.18. The van der Waals surface area contributed by atoms with Crippen LogP contribution in [0, 0.1) is 0 Å². The standard InChI is InChI=1S/C12H22N2O3/c1-14(8-5-10(13)15)12(9-11(16)17)6-3-2-4-7-12/h2-9H2,1H3,(H2,13,15)(H,16,17). The van der Waals surface area contributed by atoms with Crippen molar-refractivity contribution < 1.29 is 14.7 Å². The van der Waals surface area contributed by atoms with E-state index >= 15 is 0 Å². The predicted octanol–water partition coefficient (Wildman–Crippen LogP) is 0.971. The summed E-state index contributed by atoms with van der Waals surface area (Å²) in [6.45, 7) is 0.544. The summed E-state index contributed by atoms with van der Waals surface area (Å²) in [5, 5.41) is 9.04. The highest BCUT2D eigenvalue weighted by molar-refractivity contribution is 5.74. The molecule has 3 N–H and O–H groups in total. The molecule has 17 heavy (non-hydrogen) atoms. The molecule has 1 amide bonds. The lowest BCUT2D eigenvalue weighted by Crippen LogP contribution is -2.50. The van der Waals surface area contributed by atoms with Gasteiger partial charge in [0.05, 0.1) is 6.42 Å².